The second-order valence-electron chi connectivity index (χ2n) is 8.54. The van der Waals surface area contributed by atoms with Gasteiger partial charge in [-0.05, 0) is 27.0 Å². The number of nitrogens with zero attached hydrogens (tertiary/aromatic N) is 4. The van der Waals surface area contributed by atoms with Gasteiger partial charge in [-0.3, -0.25) is 0 Å². The Kier molecular flexibility index (Phi) is 5.14. The molecule has 1 aromatic carbocycles. The minimum atomic E-state index is -0.210. The van der Waals surface area contributed by atoms with Gasteiger partial charge in [0, 0.05) is 23.5 Å². The Morgan fingerprint density at radius 3 is 2.58 bits per heavy atom. The first-order valence-electron chi connectivity index (χ1n) is 10.5. The van der Waals surface area contributed by atoms with Gasteiger partial charge in [-0.15, -0.1) is 0 Å². The predicted octanol–water partition coefficient (Wildman–Crippen LogP) is 4.12. The Bertz CT molecular complexity index is 1070. The van der Waals surface area contributed by atoms with E-state index in [0.29, 0.717) is 25.6 Å². The average Bonchev–Trinajstić information content (AvgIpc) is 3.33. The Morgan fingerprint density at radius 2 is 1.87 bits per heavy atom. The maximum atomic E-state index is 6.25. The molecule has 2 aliphatic rings. The minimum Gasteiger partial charge on any atom is -0.486 e. The molecular weight excluding hydrogens is 410 g/mol. The monoisotopic (exact) mass is 437 g/mol. The quantitative estimate of drug-likeness (QED) is 0.658. The van der Waals surface area contributed by atoms with Crippen molar-refractivity contribution in [3.05, 3.63) is 42.4 Å². The van der Waals surface area contributed by atoms with Crippen LogP contribution < -0.4 is 9.64 Å². The predicted molar refractivity (Wildman–Crippen MR) is 124 cm³/mol. The molecule has 162 valence electrons. The summed E-state index contributed by atoms with van der Waals surface area (Å²) in [6.07, 6.45) is 5.69. The molecule has 0 amide bonds. The summed E-state index contributed by atoms with van der Waals surface area (Å²) in [5.74, 6) is 3.25. The van der Waals surface area contributed by atoms with E-state index in [1.54, 1.807) is 18.0 Å². The fourth-order valence-electron chi connectivity index (χ4n) is 4.17. The molecular formula is C23H27N5O2S. The molecule has 3 aromatic rings. The number of ether oxygens (including phenoxy) is 2. The molecule has 8 heteroatoms. The van der Waals surface area contributed by atoms with Crippen LogP contribution >= 0.6 is 11.8 Å². The maximum Gasteiger partial charge on any atom is 0.184 e. The summed E-state index contributed by atoms with van der Waals surface area (Å²) in [7, 11) is 0. The molecule has 1 fully saturated rings. The number of anilines is 1. The fraction of sp³-hybridized carbons (Fsp3) is 0.435. The van der Waals surface area contributed by atoms with Gasteiger partial charge in [0.2, 0.25) is 0 Å². The highest BCUT2D eigenvalue weighted by atomic mass is 32.2. The minimum absolute atomic E-state index is 0.172. The van der Waals surface area contributed by atoms with Gasteiger partial charge in [-0.1, -0.05) is 24.3 Å². The lowest BCUT2D eigenvalue weighted by molar-refractivity contribution is 0.0482. The van der Waals surface area contributed by atoms with Gasteiger partial charge >= 0.3 is 0 Å². The molecule has 1 saturated heterocycles. The third-order valence-corrected chi connectivity index (χ3v) is 7.26. The lowest BCUT2D eigenvalue weighted by Gasteiger charge is -2.45. The molecule has 0 spiro atoms. The SMILES string of the molecule is CSC(C)(C)c1nc(-c2ccc(-c3ncc[nH]3)cc2)nc2c1OC[C@@H]1COC[C@@H](C)N21. The number of rotatable bonds is 4. The van der Waals surface area contributed by atoms with Crippen molar-refractivity contribution in [3.63, 3.8) is 0 Å². The molecule has 4 heterocycles. The molecule has 0 saturated carbocycles. The molecule has 31 heavy (non-hydrogen) atoms. The zero-order valence-corrected chi connectivity index (χ0v) is 19.1. The number of imidazole rings is 1. The van der Waals surface area contributed by atoms with Crippen LogP contribution in [0.2, 0.25) is 0 Å². The van der Waals surface area contributed by atoms with Crippen molar-refractivity contribution >= 4 is 17.6 Å². The normalized spacial score (nSPS) is 20.7. The van der Waals surface area contributed by atoms with E-state index in [1.807, 2.05) is 18.3 Å². The number of benzene rings is 1. The smallest absolute Gasteiger partial charge is 0.184 e. The van der Waals surface area contributed by atoms with Gasteiger partial charge < -0.3 is 19.4 Å². The van der Waals surface area contributed by atoms with Crippen molar-refractivity contribution < 1.29 is 9.47 Å². The van der Waals surface area contributed by atoms with E-state index in [4.69, 9.17) is 19.4 Å². The molecule has 0 unspecified atom stereocenters. The summed E-state index contributed by atoms with van der Waals surface area (Å²) in [6, 6.07) is 8.61. The largest absolute Gasteiger partial charge is 0.486 e. The third kappa shape index (κ3) is 3.57. The van der Waals surface area contributed by atoms with Crippen LogP contribution in [0.4, 0.5) is 5.82 Å². The molecule has 5 rings (SSSR count). The van der Waals surface area contributed by atoms with Crippen LogP contribution in [-0.2, 0) is 9.48 Å². The molecule has 0 aliphatic carbocycles. The van der Waals surface area contributed by atoms with E-state index in [0.717, 1.165) is 34.2 Å². The van der Waals surface area contributed by atoms with Gasteiger partial charge in [-0.2, -0.15) is 11.8 Å². The highest BCUT2D eigenvalue weighted by Crippen LogP contribution is 2.46. The number of aromatic nitrogens is 4. The summed E-state index contributed by atoms with van der Waals surface area (Å²) < 4.78 is 11.8. The Morgan fingerprint density at radius 1 is 1.10 bits per heavy atom. The summed E-state index contributed by atoms with van der Waals surface area (Å²) >= 11 is 1.76. The molecule has 1 N–H and O–H groups in total. The number of hydrogen-bond donors (Lipinski definition) is 1. The van der Waals surface area contributed by atoms with Crippen molar-refractivity contribution in [2.45, 2.75) is 37.6 Å². The standard InChI is InChI=1S/C23H27N5O2S/c1-14-11-29-12-17-13-30-18-19(23(2,3)31-4)26-21(27-22(18)28(14)17)16-7-5-15(6-8-16)20-24-9-10-25-20/h5-10,14,17H,11-13H2,1-4H3,(H,24,25)/t14-,17+/m1/s1. The molecule has 2 aromatic heterocycles. The van der Waals surface area contributed by atoms with E-state index in [-0.39, 0.29) is 16.8 Å². The second-order valence-corrected chi connectivity index (χ2v) is 9.97. The number of fused-ring (bicyclic) bond motifs is 3. The first kappa shape index (κ1) is 20.3. The van der Waals surface area contributed by atoms with Gasteiger partial charge in [0.1, 0.15) is 18.1 Å². The van der Waals surface area contributed by atoms with E-state index in [9.17, 15) is 0 Å². The number of aromatic amines is 1. The average molecular weight is 438 g/mol. The summed E-state index contributed by atoms with van der Waals surface area (Å²) in [4.78, 5) is 19.9. The van der Waals surface area contributed by atoms with Crippen LogP contribution in [0, 0.1) is 0 Å². The van der Waals surface area contributed by atoms with Gasteiger partial charge in [-0.25, -0.2) is 15.0 Å². The van der Waals surface area contributed by atoms with Crippen molar-refractivity contribution in [3.8, 4) is 28.5 Å². The fourth-order valence-corrected chi connectivity index (χ4v) is 4.50. The van der Waals surface area contributed by atoms with E-state index in [2.05, 4.69) is 54.0 Å². The first-order chi connectivity index (χ1) is 15.0. The Balaban J connectivity index is 1.63. The number of nitrogens with one attached hydrogen (secondary N) is 1. The van der Waals surface area contributed by atoms with Gasteiger partial charge in [0.15, 0.2) is 17.4 Å². The van der Waals surface area contributed by atoms with Crippen LogP contribution in [0.25, 0.3) is 22.8 Å². The Labute approximate surface area is 186 Å². The number of hydrogen-bond acceptors (Lipinski definition) is 7. The first-order valence-corrected chi connectivity index (χ1v) is 11.8. The second kappa shape index (κ2) is 7.84. The highest BCUT2D eigenvalue weighted by Gasteiger charge is 2.40. The van der Waals surface area contributed by atoms with E-state index < -0.39 is 0 Å². The summed E-state index contributed by atoms with van der Waals surface area (Å²) in [6.45, 7) is 8.48. The lowest BCUT2D eigenvalue weighted by atomic mass is 10.0. The highest BCUT2D eigenvalue weighted by molar-refractivity contribution is 7.99. The van der Waals surface area contributed by atoms with Crippen molar-refractivity contribution in [2.75, 3.05) is 31.0 Å². The molecule has 2 aliphatic heterocycles. The molecule has 0 radical (unpaired) electrons. The van der Waals surface area contributed by atoms with Crippen LogP contribution in [0.1, 0.15) is 26.5 Å². The van der Waals surface area contributed by atoms with Crippen molar-refractivity contribution in [1.29, 1.82) is 0 Å². The van der Waals surface area contributed by atoms with Gasteiger partial charge in [0.05, 0.1) is 30.0 Å². The number of thioether (sulfide) groups is 1. The maximum absolute atomic E-state index is 6.25. The molecule has 2 atom stereocenters. The number of H-pyrrole nitrogens is 1. The number of morpholine rings is 1. The Hall–Kier alpha value is -2.58. The lowest BCUT2D eigenvalue weighted by Crippen LogP contribution is -2.56. The third-order valence-electron chi connectivity index (χ3n) is 6.05. The van der Waals surface area contributed by atoms with Crippen molar-refractivity contribution in [2.24, 2.45) is 0 Å². The van der Waals surface area contributed by atoms with Crippen LogP contribution in [0.3, 0.4) is 0 Å². The van der Waals surface area contributed by atoms with Crippen molar-refractivity contribution in [1.82, 2.24) is 19.9 Å². The molecule has 7 nitrogen and oxygen atoms in total. The zero-order valence-electron chi connectivity index (χ0n) is 18.3. The zero-order chi connectivity index (χ0) is 21.6. The van der Waals surface area contributed by atoms with E-state index in [1.165, 1.54) is 0 Å². The summed E-state index contributed by atoms with van der Waals surface area (Å²) in [5, 5.41) is 0. The molecule has 0 bridgehead atoms. The van der Waals surface area contributed by atoms with Gasteiger partial charge in [0.25, 0.3) is 0 Å². The van der Waals surface area contributed by atoms with E-state index >= 15 is 0 Å². The topological polar surface area (TPSA) is 76.2 Å². The van der Waals surface area contributed by atoms with Crippen LogP contribution in [0.15, 0.2) is 36.7 Å². The van der Waals surface area contributed by atoms with Crippen LogP contribution in [0.5, 0.6) is 5.75 Å². The summed E-state index contributed by atoms with van der Waals surface area (Å²) in [5.41, 5.74) is 2.94. The van der Waals surface area contributed by atoms with Crippen LogP contribution in [-0.4, -0.2) is 58.1 Å².